The molecule has 1 saturated carbocycles. The highest BCUT2D eigenvalue weighted by Gasteiger charge is 2.43. The maximum atomic E-state index is 10.5. The molecule has 0 spiro atoms. The summed E-state index contributed by atoms with van der Waals surface area (Å²) in [6.07, 6.45) is 6.20. The van der Waals surface area contributed by atoms with Crippen LogP contribution in [0.15, 0.2) is 0 Å². The Kier molecular flexibility index (Phi) is 4.42. The average molecular weight is 242 g/mol. The molecule has 2 atom stereocenters. The Morgan fingerprint density at radius 3 is 2.65 bits per heavy atom. The van der Waals surface area contributed by atoms with E-state index >= 15 is 0 Å². The van der Waals surface area contributed by atoms with Gasteiger partial charge in [0.15, 0.2) is 0 Å². The molecule has 1 aliphatic carbocycles. The van der Waals surface area contributed by atoms with Crippen LogP contribution < -0.4 is 5.73 Å². The van der Waals surface area contributed by atoms with Crippen LogP contribution in [-0.4, -0.2) is 55.0 Å². The van der Waals surface area contributed by atoms with Crippen LogP contribution in [-0.2, 0) is 4.74 Å². The lowest BCUT2D eigenvalue weighted by atomic mass is 9.97. The van der Waals surface area contributed by atoms with Crippen molar-refractivity contribution < 1.29 is 9.84 Å². The Labute approximate surface area is 104 Å². The highest BCUT2D eigenvalue weighted by Crippen LogP contribution is 2.39. The lowest BCUT2D eigenvalue weighted by molar-refractivity contribution is -0.0346. The first kappa shape index (κ1) is 13.3. The molecule has 4 nitrogen and oxygen atoms in total. The molecule has 4 heteroatoms. The van der Waals surface area contributed by atoms with Crippen molar-refractivity contribution in [1.29, 1.82) is 0 Å². The summed E-state index contributed by atoms with van der Waals surface area (Å²) < 4.78 is 5.72. The fourth-order valence-corrected chi connectivity index (χ4v) is 2.81. The molecule has 0 aromatic rings. The molecule has 2 aliphatic rings. The minimum Gasteiger partial charge on any atom is -0.387 e. The maximum absolute atomic E-state index is 10.5. The van der Waals surface area contributed by atoms with Gasteiger partial charge in [0.1, 0.15) is 0 Å². The second kappa shape index (κ2) is 5.65. The zero-order valence-corrected chi connectivity index (χ0v) is 10.9. The normalized spacial score (nSPS) is 29.3. The molecule has 100 valence electrons. The third-order valence-electron chi connectivity index (χ3n) is 4.02. The first-order valence-corrected chi connectivity index (χ1v) is 6.86. The van der Waals surface area contributed by atoms with Gasteiger partial charge in [-0.05, 0) is 45.1 Å². The van der Waals surface area contributed by atoms with Gasteiger partial charge in [0.25, 0.3) is 0 Å². The first-order chi connectivity index (χ1) is 8.14. The Balaban J connectivity index is 1.76. The first-order valence-electron chi connectivity index (χ1n) is 6.86. The van der Waals surface area contributed by atoms with Gasteiger partial charge in [-0.3, -0.25) is 0 Å². The van der Waals surface area contributed by atoms with Crippen LogP contribution in [0.2, 0.25) is 0 Å². The monoisotopic (exact) mass is 242 g/mol. The topological polar surface area (TPSA) is 58.7 Å². The van der Waals surface area contributed by atoms with Crippen molar-refractivity contribution in [3.05, 3.63) is 0 Å². The number of hydrogen-bond acceptors (Lipinski definition) is 4. The smallest absolute Gasteiger partial charge is 0.0923 e. The van der Waals surface area contributed by atoms with Gasteiger partial charge in [-0.2, -0.15) is 0 Å². The molecule has 2 unspecified atom stereocenters. The van der Waals surface area contributed by atoms with Crippen molar-refractivity contribution in [2.45, 2.75) is 43.8 Å². The van der Waals surface area contributed by atoms with Crippen LogP contribution in [0.25, 0.3) is 0 Å². The Hall–Kier alpha value is -0.160. The highest BCUT2D eigenvalue weighted by molar-refractivity contribution is 4.97. The summed E-state index contributed by atoms with van der Waals surface area (Å²) in [5.74, 6) is 0.419. The van der Waals surface area contributed by atoms with Crippen LogP contribution in [0.5, 0.6) is 0 Å². The molecule has 0 aromatic heterocycles. The largest absolute Gasteiger partial charge is 0.387 e. The Morgan fingerprint density at radius 2 is 2.12 bits per heavy atom. The number of ether oxygens (including phenoxy) is 1. The molecular formula is C13H26N2O2. The SMILES string of the molecule is CN(CC1CCCCO1)CC(O)(CN)C1CC1. The molecule has 0 amide bonds. The van der Waals surface area contributed by atoms with E-state index in [1.54, 1.807) is 0 Å². The van der Waals surface area contributed by atoms with E-state index in [2.05, 4.69) is 11.9 Å². The van der Waals surface area contributed by atoms with E-state index in [4.69, 9.17) is 10.5 Å². The van der Waals surface area contributed by atoms with Crippen LogP contribution in [0.4, 0.5) is 0 Å². The van der Waals surface area contributed by atoms with Crippen LogP contribution in [0.1, 0.15) is 32.1 Å². The molecule has 1 heterocycles. The van der Waals surface area contributed by atoms with Crippen molar-refractivity contribution in [2.75, 3.05) is 33.3 Å². The van der Waals surface area contributed by atoms with E-state index in [0.29, 0.717) is 25.1 Å². The zero-order valence-electron chi connectivity index (χ0n) is 10.9. The Morgan fingerprint density at radius 1 is 1.35 bits per heavy atom. The van der Waals surface area contributed by atoms with Gasteiger partial charge in [-0.1, -0.05) is 0 Å². The molecule has 2 rings (SSSR count). The molecule has 0 bridgehead atoms. The van der Waals surface area contributed by atoms with Gasteiger partial charge in [0.05, 0.1) is 11.7 Å². The van der Waals surface area contributed by atoms with Crippen LogP contribution >= 0.6 is 0 Å². The van der Waals surface area contributed by atoms with E-state index in [0.717, 1.165) is 32.4 Å². The van der Waals surface area contributed by atoms with Gasteiger partial charge in [0, 0.05) is 26.2 Å². The molecule has 17 heavy (non-hydrogen) atoms. The second-order valence-corrected chi connectivity index (χ2v) is 5.77. The minimum atomic E-state index is -0.677. The lowest BCUT2D eigenvalue weighted by Crippen LogP contribution is -2.50. The third kappa shape index (κ3) is 3.65. The number of hydrogen-bond donors (Lipinski definition) is 2. The number of aliphatic hydroxyl groups is 1. The highest BCUT2D eigenvalue weighted by atomic mass is 16.5. The molecule has 0 radical (unpaired) electrons. The lowest BCUT2D eigenvalue weighted by Gasteiger charge is -2.34. The molecular weight excluding hydrogens is 216 g/mol. The molecule has 3 N–H and O–H groups in total. The van der Waals surface area contributed by atoms with Gasteiger partial charge in [0.2, 0.25) is 0 Å². The predicted molar refractivity (Wildman–Crippen MR) is 67.8 cm³/mol. The number of nitrogens with zero attached hydrogens (tertiary/aromatic N) is 1. The number of rotatable bonds is 6. The quantitative estimate of drug-likeness (QED) is 0.715. The minimum absolute atomic E-state index is 0.343. The van der Waals surface area contributed by atoms with Gasteiger partial charge in [-0.15, -0.1) is 0 Å². The van der Waals surface area contributed by atoms with Gasteiger partial charge in [-0.25, -0.2) is 0 Å². The fraction of sp³-hybridized carbons (Fsp3) is 1.00. The van der Waals surface area contributed by atoms with E-state index in [-0.39, 0.29) is 0 Å². The fourth-order valence-electron chi connectivity index (χ4n) is 2.81. The third-order valence-corrected chi connectivity index (χ3v) is 4.02. The summed E-state index contributed by atoms with van der Waals surface area (Å²) in [4.78, 5) is 2.18. The van der Waals surface area contributed by atoms with Crippen molar-refractivity contribution in [3.63, 3.8) is 0 Å². The van der Waals surface area contributed by atoms with Crippen LogP contribution in [0.3, 0.4) is 0 Å². The van der Waals surface area contributed by atoms with Gasteiger partial charge >= 0.3 is 0 Å². The van der Waals surface area contributed by atoms with Crippen molar-refractivity contribution in [2.24, 2.45) is 11.7 Å². The summed E-state index contributed by atoms with van der Waals surface area (Å²) in [7, 11) is 2.06. The summed E-state index contributed by atoms with van der Waals surface area (Å²) in [5, 5.41) is 10.5. The summed E-state index contributed by atoms with van der Waals surface area (Å²) in [6.45, 7) is 2.85. The number of nitrogens with two attached hydrogens (primary N) is 1. The second-order valence-electron chi connectivity index (χ2n) is 5.77. The average Bonchev–Trinajstić information content (AvgIpc) is 3.14. The summed E-state index contributed by atoms with van der Waals surface area (Å²) >= 11 is 0. The van der Waals surface area contributed by atoms with Crippen molar-refractivity contribution in [3.8, 4) is 0 Å². The molecule has 1 aliphatic heterocycles. The maximum Gasteiger partial charge on any atom is 0.0923 e. The molecule has 2 fully saturated rings. The van der Waals surface area contributed by atoms with E-state index < -0.39 is 5.60 Å². The summed E-state index contributed by atoms with van der Waals surface area (Å²) in [5.41, 5.74) is 5.04. The molecule has 1 saturated heterocycles. The van der Waals surface area contributed by atoms with Gasteiger partial charge < -0.3 is 20.5 Å². The van der Waals surface area contributed by atoms with Crippen molar-refractivity contribution >= 4 is 0 Å². The molecule has 0 aromatic carbocycles. The Bertz CT molecular complexity index is 240. The predicted octanol–water partition coefficient (Wildman–Crippen LogP) is 0.587. The van der Waals surface area contributed by atoms with Crippen LogP contribution in [0, 0.1) is 5.92 Å². The standard InChI is InChI=1S/C13H26N2O2/c1-15(8-12-4-2-3-7-17-12)10-13(16,9-14)11-5-6-11/h11-12,16H,2-10,14H2,1H3. The van der Waals surface area contributed by atoms with E-state index in [1.807, 2.05) is 0 Å². The van der Waals surface area contributed by atoms with E-state index in [9.17, 15) is 5.11 Å². The number of likely N-dealkylation sites (N-methyl/N-ethyl adjacent to an activating group) is 1. The zero-order chi connectivity index (χ0) is 12.3. The summed E-state index contributed by atoms with van der Waals surface area (Å²) in [6, 6.07) is 0. The van der Waals surface area contributed by atoms with E-state index in [1.165, 1.54) is 12.8 Å². The van der Waals surface area contributed by atoms with Crippen molar-refractivity contribution in [1.82, 2.24) is 4.90 Å².